The van der Waals surface area contributed by atoms with Crippen molar-refractivity contribution in [2.75, 3.05) is 5.32 Å². The first-order valence-electron chi connectivity index (χ1n) is 8.63. The highest BCUT2D eigenvalue weighted by molar-refractivity contribution is 7.91. The van der Waals surface area contributed by atoms with Gasteiger partial charge in [-0.15, -0.1) is 10.2 Å². The van der Waals surface area contributed by atoms with Crippen LogP contribution in [0.3, 0.4) is 0 Å². The summed E-state index contributed by atoms with van der Waals surface area (Å²) in [7, 11) is -3.89. The molecule has 2 aromatic carbocycles. The van der Waals surface area contributed by atoms with Crippen molar-refractivity contribution in [3.05, 3.63) is 64.2 Å². The molecule has 0 saturated heterocycles. The third kappa shape index (κ3) is 2.66. The van der Waals surface area contributed by atoms with Crippen molar-refractivity contribution in [1.29, 1.82) is 0 Å². The molecule has 1 aliphatic heterocycles. The summed E-state index contributed by atoms with van der Waals surface area (Å²) in [6.45, 7) is 0. The highest BCUT2D eigenvalue weighted by Gasteiger charge is 2.35. The Morgan fingerprint density at radius 3 is 2.57 bits per heavy atom. The fourth-order valence-corrected chi connectivity index (χ4v) is 5.76. The second-order valence-electron chi connectivity index (χ2n) is 6.71. The average molecular weight is 411 g/mol. The molecule has 1 amide bonds. The van der Waals surface area contributed by atoms with Crippen LogP contribution in [0.1, 0.15) is 50.0 Å². The Hall–Kier alpha value is -2.91. The van der Waals surface area contributed by atoms with Crippen molar-refractivity contribution in [2.24, 2.45) is 0 Å². The van der Waals surface area contributed by atoms with E-state index in [9.17, 15) is 18.0 Å². The third-order valence-electron chi connectivity index (χ3n) is 4.79. The van der Waals surface area contributed by atoms with Crippen LogP contribution in [-0.2, 0) is 9.84 Å². The normalized spacial score (nSPS) is 16.9. The Bertz CT molecular complexity index is 1260. The predicted octanol–water partition coefficient (Wildman–Crippen LogP) is 3.05. The minimum Gasteiger partial charge on any atom is -0.296 e. The summed E-state index contributed by atoms with van der Waals surface area (Å²) in [6.07, 6.45) is 2.17. The molecule has 28 heavy (non-hydrogen) atoms. The highest BCUT2D eigenvalue weighted by Crippen LogP contribution is 2.42. The van der Waals surface area contributed by atoms with Crippen molar-refractivity contribution in [1.82, 2.24) is 10.2 Å². The minimum absolute atomic E-state index is 0.0387. The van der Waals surface area contributed by atoms with Crippen LogP contribution in [0.15, 0.2) is 52.3 Å². The zero-order chi connectivity index (χ0) is 19.5. The summed E-state index contributed by atoms with van der Waals surface area (Å²) in [5.74, 6) is -0.434. The Kier molecular flexibility index (Phi) is 3.72. The molecule has 1 saturated carbocycles. The van der Waals surface area contributed by atoms with Gasteiger partial charge in [-0.1, -0.05) is 23.5 Å². The van der Waals surface area contributed by atoms with Crippen LogP contribution < -0.4 is 5.32 Å². The number of benzene rings is 2. The van der Waals surface area contributed by atoms with Crippen LogP contribution in [0, 0.1) is 0 Å². The van der Waals surface area contributed by atoms with Crippen LogP contribution in [0.5, 0.6) is 0 Å². The van der Waals surface area contributed by atoms with Crippen molar-refractivity contribution in [2.45, 2.75) is 28.6 Å². The summed E-state index contributed by atoms with van der Waals surface area (Å²) in [5, 5.41) is 11.9. The van der Waals surface area contributed by atoms with Gasteiger partial charge in [0.25, 0.3) is 5.91 Å². The number of nitrogens with zero attached hydrogens (tertiary/aromatic N) is 2. The van der Waals surface area contributed by atoms with E-state index >= 15 is 0 Å². The van der Waals surface area contributed by atoms with Crippen LogP contribution >= 0.6 is 11.3 Å². The van der Waals surface area contributed by atoms with Gasteiger partial charge in [0, 0.05) is 22.6 Å². The van der Waals surface area contributed by atoms with E-state index in [4.69, 9.17) is 0 Å². The number of amides is 1. The second-order valence-corrected chi connectivity index (χ2v) is 9.61. The number of anilines is 1. The number of hydrogen-bond donors (Lipinski definition) is 1. The lowest BCUT2D eigenvalue weighted by molar-refractivity contribution is 0.101. The Morgan fingerprint density at radius 2 is 1.79 bits per heavy atom. The molecular formula is C19H13N3O4S2. The molecule has 2 heterocycles. The molecule has 3 aromatic rings. The molecule has 1 fully saturated rings. The molecular weight excluding hydrogens is 398 g/mol. The quantitative estimate of drug-likeness (QED) is 0.555. The maximum Gasteiger partial charge on any atom is 0.257 e. The lowest BCUT2D eigenvalue weighted by atomic mass is 10.0. The molecule has 0 radical (unpaired) electrons. The fourth-order valence-electron chi connectivity index (χ4n) is 3.18. The largest absolute Gasteiger partial charge is 0.296 e. The first kappa shape index (κ1) is 17.2. The molecule has 1 aliphatic carbocycles. The van der Waals surface area contributed by atoms with Gasteiger partial charge in [0.05, 0.1) is 9.79 Å². The van der Waals surface area contributed by atoms with Gasteiger partial charge in [0.1, 0.15) is 5.01 Å². The van der Waals surface area contributed by atoms with E-state index in [-0.39, 0.29) is 32.3 Å². The first-order valence-corrected chi connectivity index (χ1v) is 10.9. The van der Waals surface area contributed by atoms with Gasteiger partial charge in [-0.25, -0.2) is 8.42 Å². The molecule has 1 aromatic heterocycles. The number of ketones is 1. The monoisotopic (exact) mass is 411 g/mol. The molecule has 7 nitrogen and oxygen atoms in total. The van der Waals surface area contributed by atoms with Gasteiger partial charge in [-0.05, 0) is 43.2 Å². The van der Waals surface area contributed by atoms with Gasteiger partial charge in [0.15, 0.2) is 5.78 Å². The fraction of sp³-hybridized carbons (Fsp3) is 0.158. The van der Waals surface area contributed by atoms with Gasteiger partial charge in [0.2, 0.25) is 15.0 Å². The Balaban J connectivity index is 1.50. The number of sulfone groups is 1. The summed E-state index contributed by atoms with van der Waals surface area (Å²) in [4.78, 5) is 25.0. The van der Waals surface area contributed by atoms with Gasteiger partial charge >= 0.3 is 0 Å². The SMILES string of the molecule is O=C(Nc1nnc(C2CC2)s1)c1ccc2c(c1)S(=O)(=O)c1ccccc1C2=O. The first-order chi connectivity index (χ1) is 13.4. The van der Waals surface area contributed by atoms with E-state index in [1.807, 2.05) is 0 Å². The molecule has 5 rings (SSSR count). The van der Waals surface area contributed by atoms with Crippen molar-refractivity contribution < 1.29 is 18.0 Å². The molecule has 2 aliphatic rings. The smallest absolute Gasteiger partial charge is 0.257 e. The van der Waals surface area contributed by atoms with E-state index < -0.39 is 15.7 Å². The highest BCUT2D eigenvalue weighted by atomic mass is 32.2. The van der Waals surface area contributed by atoms with Crippen molar-refractivity contribution >= 4 is 38.0 Å². The molecule has 0 spiro atoms. The summed E-state index contributed by atoms with van der Waals surface area (Å²) < 4.78 is 25.9. The zero-order valence-corrected chi connectivity index (χ0v) is 16.0. The van der Waals surface area contributed by atoms with E-state index in [0.717, 1.165) is 17.8 Å². The maximum atomic E-state index is 13.0. The van der Waals surface area contributed by atoms with Crippen LogP contribution in [-0.4, -0.2) is 30.3 Å². The topological polar surface area (TPSA) is 106 Å². The number of carbonyl (C=O) groups is 2. The van der Waals surface area contributed by atoms with E-state index in [2.05, 4.69) is 15.5 Å². The van der Waals surface area contributed by atoms with Crippen LogP contribution in [0.2, 0.25) is 0 Å². The standard InChI is InChI=1S/C19H13N3O4S2/c23-16-12-3-1-2-4-14(12)28(25,26)15-9-11(7-8-13(15)16)17(24)20-19-22-21-18(27-19)10-5-6-10/h1-4,7-10H,5-6H2,(H,20,22,24). The summed E-state index contributed by atoms with van der Waals surface area (Å²) in [5.41, 5.74) is 0.355. The average Bonchev–Trinajstić information content (AvgIpc) is 3.45. The van der Waals surface area contributed by atoms with Crippen LogP contribution in [0.25, 0.3) is 0 Å². The number of nitrogens with one attached hydrogen (secondary N) is 1. The van der Waals surface area contributed by atoms with E-state index in [1.54, 1.807) is 12.1 Å². The van der Waals surface area contributed by atoms with E-state index in [0.29, 0.717) is 11.0 Å². The summed E-state index contributed by atoms with van der Waals surface area (Å²) in [6, 6.07) is 10.2. The molecule has 0 atom stereocenters. The Morgan fingerprint density at radius 1 is 1.04 bits per heavy atom. The molecule has 9 heteroatoms. The second kappa shape index (κ2) is 6.05. The summed E-state index contributed by atoms with van der Waals surface area (Å²) >= 11 is 1.32. The number of carbonyl (C=O) groups excluding carboxylic acids is 2. The van der Waals surface area contributed by atoms with Gasteiger partial charge < -0.3 is 0 Å². The maximum absolute atomic E-state index is 13.0. The van der Waals surface area contributed by atoms with Gasteiger partial charge in [-0.2, -0.15) is 0 Å². The minimum atomic E-state index is -3.89. The van der Waals surface area contributed by atoms with Gasteiger partial charge in [-0.3, -0.25) is 14.9 Å². The van der Waals surface area contributed by atoms with Crippen molar-refractivity contribution in [3.8, 4) is 0 Å². The third-order valence-corrected chi connectivity index (χ3v) is 7.64. The molecule has 0 unspecified atom stereocenters. The van der Waals surface area contributed by atoms with E-state index in [1.165, 1.54) is 41.7 Å². The number of aromatic nitrogens is 2. The molecule has 1 N–H and O–H groups in total. The zero-order valence-electron chi connectivity index (χ0n) is 14.4. The molecule has 0 bridgehead atoms. The number of fused-ring (bicyclic) bond motifs is 2. The van der Waals surface area contributed by atoms with Crippen molar-refractivity contribution in [3.63, 3.8) is 0 Å². The number of rotatable bonds is 3. The lowest BCUT2D eigenvalue weighted by Gasteiger charge is -2.19. The molecule has 140 valence electrons. The lowest BCUT2D eigenvalue weighted by Crippen LogP contribution is -2.21. The Labute approximate surface area is 164 Å². The number of hydrogen-bond acceptors (Lipinski definition) is 7. The predicted molar refractivity (Wildman–Crippen MR) is 102 cm³/mol. The van der Waals surface area contributed by atoms with Crippen LogP contribution in [0.4, 0.5) is 5.13 Å².